The van der Waals surface area contributed by atoms with Crippen LogP contribution in [-0.4, -0.2) is 49.2 Å². The summed E-state index contributed by atoms with van der Waals surface area (Å²) in [6, 6.07) is 5.58. The molecule has 0 aromatic heterocycles. The van der Waals surface area contributed by atoms with E-state index in [9.17, 15) is 9.59 Å². The number of rotatable bonds is 6. The van der Waals surface area contributed by atoms with Gasteiger partial charge in [0, 0.05) is 25.6 Å². The van der Waals surface area contributed by atoms with Gasteiger partial charge in [0.2, 0.25) is 5.91 Å². The number of likely N-dealkylation sites (tertiary alicyclic amines) is 1. The van der Waals surface area contributed by atoms with Gasteiger partial charge < -0.3 is 19.5 Å². The zero-order valence-corrected chi connectivity index (χ0v) is 13.6. The smallest absolute Gasteiger partial charge is 0.306 e. The zero-order valence-electron chi connectivity index (χ0n) is 13.6. The molecule has 0 atom stereocenters. The Morgan fingerprint density at radius 2 is 1.70 bits per heavy atom. The molecule has 0 aliphatic carbocycles. The number of nitrogens with zero attached hydrogens (tertiary/aromatic N) is 1. The lowest BCUT2D eigenvalue weighted by Gasteiger charge is -2.30. The number of carboxylic acids is 1. The predicted octanol–water partition coefficient (Wildman–Crippen LogP) is 1.96. The Bertz CT molecular complexity index is 542. The lowest BCUT2D eigenvalue weighted by Crippen LogP contribution is -2.40. The van der Waals surface area contributed by atoms with Gasteiger partial charge in [-0.15, -0.1) is 0 Å². The van der Waals surface area contributed by atoms with Crippen molar-refractivity contribution in [1.29, 1.82) is 0 Å². The summed E-state index contributed by atoms with van der Waals surface area (Å²) in [5, 5.41) is 8.99. The van der Waals surface area contributed by atoms with E-state index < -0.39 is 5.97 Å². The van der Waals surface area contributed by atoms with Crippen molar-refractivity contribution in [3.05, 3.63) is 23.8 Å². The fraction of sp³-hybridized carbons (Fsp3) is 0.529. The van der Waals surface area contributed by atoms with Gasteiger partial charge in [-0.05, 0) is 37.0 Å². The lowest BCUT2D eigenvalue weighted by atomic mass is 9.96. The maximum absolute atomic E-state index is 12.3. The number of amides is 1. The summed E-state index contributed by atoms with van der Waals surface area (Å²) >= 11 is 0. The van der Waals surface area contributed by atoms with Crippen LogP contribution in [0, 0.1) is 5.92 Å². The molecule has 0 spiro atoms. The average molecular weight is 321 g/mol. The van der Waals surface area contributed by atoms with Crippen LogP contribution in [0.1, 0.15) is 24.8 Å². The molecule has 1 saturated heterocycles. The Labute approximate surface area is 136 Å². The molecule has 0 unspecified atom stereocenters. The van der Waals surface area contributed by atoms with Gasteiger partial charge in [0.05, 0.1) is 20.1 Å². The molecule has 126 valence electrons. The molecule has 1 heterocycles. The number of hydrogen-bond donors (Lipinski definition) is 1. The van der Waals surface area contributed by atoms with Crippen LogP contribution in [0.4, 0.5) is 0 Å². The van der Waals surface area contributed by atoms with Crippen LogP contribution in [0.3, 0.4) is 0 Å². The van der Waals surface area contributed by atoms with E-state index >= 15 is 0 Å². The minimum atomic E-state index is -0.763. The van der Waals surface area contributed by atoms with E-state index in [0.717, 1.165) is 5.56 Å². The molecule has 1 fully saturated rings. The van der Waals surface area contributed by atoms with Gasteiger partial charge in [-0.1, -0.05) is 0 Å². The van der Waals surface area contributed by atoms with Crippen molar-refractivity contribution in [2.75, 3.05) is 27.3 Å². The Hall–Kier alpha value is -2.24. The second kappa shape index (κ2) is 7.85. The van der Waals surface area contributed by atoms with Gasteiger partial charge in [-0.2, -0.15) is 0 Å². The predicted molar refractivity (Wildman–Crippen MR) is 84.8 cm³/mol. The number of aryl methyl sites for hydroxylation is 1. The zero-order chi connectivity index (χ0) is 16.8. The van der Waals surface area contributed by atoms with Crippen molar-refractivity contribution >= 4 is 11.9 Å². The van der Waals surface area contributed by atoms with Crippen LogP contribution in [0.15, 0.2) is 18.2 Å². The number of carbonyl (C=O) groups excluding carboxylic acids is 1. The molecule has 0 bridgehead atoms. The highest BCUT2D eigenvalue weighted by Gasteiger charge is 2.26. The molecule has 0 saturated carbocycles. The van der Waals surface area contributed by atoms with E-state index in [0.29, 0.717) is 50.3 Å². The molecule has 0 radical (unpaired) electrons. The van der Waals surface area contributed by atoms with E-state index in [1.807, 2.05) is 12.1 Å². The molecule has 1 aliphatic heterocycles. The normalized spacial score (nSPS) is 15.3. The van der Waals surface area contributed by atoms with Crippen molar-refractivity contribution in [2.24, 2.45) is 5.92 Å². The molecule has 1 aromatic rings. The first-order chi connectivity index (χ1) is 11.0. The van der Waals surface area contributed by atoms with Gasteiger partial charge in [0.1, 0.15) is 11.5 Å². The second-order valence-corrected chi connectivity index (χ2v) is 5.71. The average Bonchev–Trinajstić information content (AvgIpc) is 2.59. The summed E-state index contributed by atoms with van der Waals surface area (Å²) in [7, 11) is 3.19. The highest BCUT2D eigenvalue weighted by atomic mass is 16.5. The molecular weight excluding hydrogens is 298 g/mol. The molecular formula is C17H23NO5. The fourth-order valence-electron chi connectivity index (χ4n) is 2.80. The molecule has 1 amide bonds. The van der Waals surface area contributed by atoms with Crippen LogP contribution in [-0.2, 0) is 16.0 Å². The standard InChI is InChI=1S/C17H23NO5/c1-22-14-9-12(10-15(11-14)23-2)3-4-16(19)18-7-5-13(6-8-18)17(20)21/h9-11,13H,3-8H2,1-2H3,(H,20,21). The van der Waals surface area contributed by atoms with Crippen LogP contribution in [0.2, 0.25) is 0 Å². The first-order valence-electron chi connectivity index (χ1n) is 7.76. The minimum Gasteiger partial charge on any atom is -0.497 e. The number of carboxylic acid groups (broad SMARTS) is 1. The summed E-state index contributed by atoms with van der Waals surface area (Å²) < 4.78 is 10.4. The number of hydrogen-bond acceptors (Lipinski definition) is 4. The summed E-state index contributed by atoms with van der Waals surface area (Å²) in [6.07, 6.45) is 2.07. The van der Waals surface area contributed by atoms with Gasteiger partial charge in [0.15, 0.2) is 0 Å². The van der Waals surface area contributed by atoms with E-state index in [1.54, 1.807) is 25.2 Å². The lowest BCUT2D eigenvalue weighted by molar-refractivity contribution is -0.145. The third kappa shape index (κ3) is 4.61. The molecule has 6 nitrogen and oxygen atoms in total. The van der Waals surface area contributed by atoms with Gasteiger partial charge in [0.25, 0.3) is 0 Å². The molecule has 1 aliphatic rings. The summed E-state index contributed by atoms with van der Waals surface area (Å²) in [5.41, 5.74) is 0.981. The first kappa shape index (κ1) is 17.1. The maximum Gasteiger partial charge on any atom is 0.306 e. The van der Waals surface area contributed by atoms with Crippen molar-refractivity contribution in [1.82, 2.24) is 4.90 Å². The molecule has 1 aromatic carbocycles. The number of piperidine rings is 1. The Morgan fingerprint density at radius 3 is 2.17 bits per heavy atom. The van der Waals surface area contributed by atoms with Crippen LogP contribution < -0.4 is 9.47 Å². The molecule has 1 N–H and O–H groups in total. The first-order valence-corrected chi connectivity index (χ1v) is 7.76. The number of methoxy groups -OCH3 is 2. The second-order valence-electron chi connectivity index (χ2n) is 5.71. The SMILES string of the molecule is COc1cc(CCC(=O)N2CCC(C(=O)O)CC2)cc(OC)c1. The van der Waals surface area contributed by atoms with Crippen LogP contribution in [0.25, 0.3) is 0 Å². The van der Waals surface area contributed by atoms with Crippen molar-refractivity contribution < 1.29 is 24.2 Å². The topological polar surface area (TPSA) is 76.1 Å². The highest BCUT2D eigenvalue weighted by Crippen LogP contribution is 2.24. The number of ether oxygens (including phenoxy) is 2. The fourth-order valence-corrected chi connectivity index (χ4v) is 2.80. The van der Waals surface area contributed by atoms with Crippen molar-refractivity contribution in [3.8, 4) is 11.5 Å². The summed E-state index contributed by atoms with van der Waals surface area (Å²) in [4.78, 5) is 25.0. The largest absolute Gasteiger partial charge is 0.497 e. The van der Waals surface area contributed by atoms with Gasteiger partial charge >= 0.3 is 5.97 Å². The number of aliphatic carboxylic acids is 1. The summed E-state index contributed by atoms with van der Waals surface area (Å²) in [5.74, 6) is 0.390. The quantitative estimate of drug-likeness (QED) is 0.867. The van der Waals surface area contributed by atoms with E-state index in [4.69, 9.17) is 14.6 Å². The van der Waals surface area contributed by atoms with Crippen LogP contribution >= 0.6 is 0 Å². The molecule has 6 heteroatoms. The van der Waals surface area contributed by atoms with Crippen molar-refractivity contribution in [3.63, 3.8) is 0 Å². The maximum atomic E-state index is 12.3. The number of benzene rings is 1. The monoisotopic (exact) mass is 321 g/mol. The minimum absolute atomic E-state index is 0.0654. The van der Waals surface area contributed by atoms with E-state index in [2.05, 4.69) is 0 Å². The van der Waals surface area contributed by atoms with E-state index in [-0.39, 0.29) is 11.8 Å². The molecule has 23 heavy (non-hydrogen) atoms. The Kier molecular flexibility index (Phi) is 5.84. The van der Waals surface area contributed by atoms with Gasteiger partial charge in [-0.3, -0.25) is 9.59 Å². The summed E-state index contributed by atoms with van der Waals surface area (Å²) in [6.45, 7) is 1.05. The van der Waals surface area contributed by atoms with Crippen LogP contribution in [0.5, 0.6) is 11.5 Å². The highest BCUT2D eigenvalue weighted by molar-refractivity contribution is 5.77. The molecule has 2 rings (SSSR count). The van der Waals surface area contributed by atoms with Crippen molar-refractivity contribution in [2.45, 2.75) is 25.7 Å². The van der Waals surface area contributed by atoms with E-state index in [1.165, 1.54) is 0 Å². The Balaban J connectivity index is 1.88. The third-order valence-corrected chi connectivity index (χ3v) is 4.24. The van der Waals surface area contributed by atoms with Gasteiger partial charge in [-0.25, -0.2) is 0 Å². The number of carbonyl (C=O) groups is 2. The Morgan fingerprint density at radius 1 is 1.13 bits per heavy atom. The third-order valence-electron chi connectivity index (χ3n) is 4.24.